The molecule has 2 rings (SSSR count). The molecule has 0 radical (unpaired) electrons. The van der Waals surface area contributed by atoms with E-state index < -0.39 is 15.4 Å². The third-order valence-corrected chi connectivity index (χ3v) is 4.67. The summed E-state index contributed by atoms with van der Waals surface area (Å²) >= 11 is 5.98. The predicted molar refractivity (Wildman–Crippen MR) is 77.0 cm³/mol. The van der Waals surface area contributed by atoms with Gasteiger partial charge < -0.3 is 10.6 Å². The van der Waals surface area contributed by atoms with Gasteiger partial charge in [-0.2, -0.15) is 0 Å². The van der Waals surface area contributed by atoms with E-state index in [2.05, 4.69) is 10.6 Å². The molecular weight excluding hydrogens is 302 g/mol. The highest BCUT2D eigenvalue weighted by atomic mass is 35.5. The predicted octanol–water partition coefficient (Wildman–Crippen LogP) is 0.926. The third kappa shape index (κ3) is 3.12. The van der Waals surface area contributed by atoms with Crippen LogP contribution in [0.15, 0.2) is 23.1 Å². The van der Waals surface area contributed by atoms with Gasteiger partial charge >= 0.3 is 0 Å². The van der Waals surface area contributed by atoms with Crippen LogP contribution in [0.3, 0.4) is 0 Å². The maximum absolute atomic E-state index is 12.3. The maximum Gasteiger partial charge on any atom is 0.238 e. The summed E-state index contributed by atoms with van der Waals surface area (Å²) in [6.45, 7) is 3.19. The van der Waals surface area contributed by atoms with Crippen LogP contribution in [0.4, 0.5) is 5.69 Å². The van der Waals surface area contributed by atoms with Crippen molar-refractivity contribution in [2.45, 2.75) is 18.2 Å². The minimum atomic E-state index is -3.83. The fourth-order valence-corrected chi connectivity index (χ4v) is 2.77. The molecule has 1 aliphatic rings. The molecule has 4 N–H and O–H groups in total. The summed E-state index contributed by atoms with van der Waals surface area (Å²) in [6.07, 6.45) is 0.714. The van der Waals surface area contributed by atoms with Crippen LogP contribution in [0.1, 0.15) is 13.3 Å². The number of anilines is 1. The molecule has 1 atom stereocenters. The Bertz CT molecular complexity index is 639. The van der Waals surface area contributed by atoms with Crippen molar-refractivity contribution in [3.8, 4) is 0 Å². The molecule has 6 nitrogen and oxygen atoms in total. The molecule has 1 aromatic carbocycles. The van der Waals surface area contributed by atoms with Gasteiger partial charge in [0.15, 0.2) is 0 Å². The number of carbonyl (C=O) groups excluding carboxylic acids is 1. The van der Waals surface area contributed by atoms with Crippen molar-refractivity contribution in [2.75, 3.05) is 18.4 Å². The Morgan fingerprint density at radius 1 is 1.50 bits per heavy atom. The minimum Gasteiger partial charge on any atom is -0.324 e. The van der Waals surface area contributed by atoms with Gasteiger partial charge in [-0.05, 0) is 38.1 Å². The number of primary sulfonamides is 1. The van der Waals surface area contributed by atoms with E-state index in [0.29, 0.717) is 13.0 Å². The Labute approximate surface area is 122 Å². The normalized spacial score (nSPS) is 22.8. The van der Waals surface area contributed by atoms with Crippen molar-refractivity contribution in [3.05, 3.63) is 23.2 Å². The first kappa shape index (κ1) is 15.2. The molecule has 1 fully saturated rings. The Balaban J connectivity index is 2.27. The fourth-order valence-electron chi connectivity index (χ4n) is 2.06. The molecule has 0 saturated carbocycles. The summed E-state index contributed by atoms with van der Waals surface area (Å²) in [5.74, 6) is -0.198. The Kier molecular flexibility index (Phi) is 4.06. The Morgan fingerprint density at radius 2 is 2.20 bits per heavy atom. The zero-order valence-electron chi connectivity index (χ0n) is 10.9. The molecule has 0 spiro atoms. The van der Waals surface area contributed by atoms with Crippen molar-refractivity contribution in [1.29, 1.82) is 0 Å². The number of halogens is 1. The number of sulfonamides is 1. The first-order valence-electron chi connectivity index (χ1n) is 6.07. The first-order chi connectivity index (χ1) is 9.22. The van der Waals surface area contributed by atoms with Gasteiger partial charge in [0.05, 0.1) is 21.0 Å². The van der Waals surface area contributed by atoms with E-state index in [4.69, 9.17) is 16.7 Å². The van der Waals surface area contributed by atoms with E-state index in [1.165, 1.54) is 18.2 Å². The Hall–Kier alpha value is -1.15. The van der Waals surface area contributed by atoms with E-state index in [1.807, 2.05) is 6.92 Å². The van der Waals surface area contributed by atoms with Crippen LogP contribution in [0.2, 0.25) is 5.02 Å². The molecule has 1 aliphatic heterocycles. The van der Waals surface area contributed by atoms with Crippen LogP contribution < -0.4 is 15.8 Å². The number of amides is 1. The quantitative estimate of drug-likeness (QED) is 0.771. The molecule has 0 aromatic heterocycles. The summed E-state index contributed by atoms with van der Waals surface area (Å²) in [7, 11) is -3.83. The molecule has 20 heavy (non-hydrogen) atoms. The van der Waals surface area contributed by atoms with Crippen molar-refractivity contribution >= 4 is 33.2 Å². The first-order valence-corrected chi connectivity index (χ1v) is 7.99. The fraction of sp³-hybridized carbons (Fsp3) is 0.417. The lowest BCUT2D eigenvalue weighted by Crippen LogP contribution is -2.35. The maximum atomic E-state index is 12.3. The monoisotopic (exact) mass is 317 g/mol. The van der Waals surface area contributed by atoms with Crippen molar-refractivity contribution in [2.24, 2.45) is 10.6 Å². The average Bonchev–Trinajstić information content (AvgIpc) is 2.79. The van der Waals surface area contributed by atoms with Crippen molar-refractivity contribution < 1.29 is 13.2 Å². The highest BCUT2D eigenvalue weighted by Gasteiger charge is 2.36. The van der Waals surface area contributed by atoms with Gasteiger partial charge in [0.25, 0.3) is 0 Å². The zero-order valence-corrected chi connectivity index (χ0v) is 12.5. The van der Waals surface area contributed by atoms with Crippen LogP contribution in [-0.4, -0.2) is 27.4 Å². The molecule has 1 heterocycles. The topological polar surface area (TPSA) is 101 Å². The lowest BCUT2D eigenvalue weighted by atomic mass is 9.89. The van der Waals surface area contributed by atoms with Crippen molar-refractivity contribution in [3.63, 3.8) is 0 Å². The molecule has 1 amide bonds. The molecule has 1 aromatic rings. The van der Waals surface area contributed by atoms with E-state index in [0.717, 1.165) is 6.54 Å². The minimum absolute atomic E-state index is 0.0908. The van der Waals surface area contributed by atoms with Crippen LogP contribution in [0, 0.1) is 5.41 Å². The van der Waals surface area contributed by atoms with Gasteiger partial charge in [-0.15, -0.1) is 0 Å². The van der Waals surface area contributed by atoms with Gasteiger partial charge in [-0.3, -0.25) is 4.79 Å². The second-order valence-electron chi connectivity index (χ2n) is 5.13. The van der Waals surface area contributed by atoms with Crippen LogP contribution in [0.25, 0.3) is 0 Å². The van der Waals surface area contributed by atoms with Crippen molar-refractivity contribution in [1.82, 2.24) is 5.32 Å². The van der Waals surface area contributed by atoms with Gasteiger partial charge in [-0.1, -0.05) is 11.6 Å². The number of nitrogens with two attached hydrogens (primary N) is 1. The lowest BCUT2D eigenvalue weighted by molar-refractivity contribution is -0.123. The van der Waals surface area contributed by atoms with Gasteiger partial charge in [0.2, 0.25) is 15.9 Å². The largest absolute Gasteiger partial charge is 0.324 e. The van der Waals surface area contributed by atoms with Gasteiger partial charge in [0.1, 0.15) is 0 Å². The third-order valence-electron chi connectivity index (χ3n) is 3.43. The summed E-state index contributed by atoms with van der Waals surface area (Å²) in [6, 6.07) is 3.96. The van der Waals surface area contributed by atoms with Gasteiger partial charge in [0, 0.05) is 6.54 Å². The lowest BCUT2D eigenvalue weighted by Gasteiger charge is -2.22. The molecule has 110 valence electrons. The number of benzene rings is 1. The van der Waals surface area contributed by atoms with E-state index in [1.54, 1.807) is 0 Å². The zero-order chi connectivity index (χ0) is 15.0. The smallest absolute Gasteiger partial charge is 0.238 e. The summed E-state index contributed by atoms with van der Waals surface area (Å²) in [5, 5.41) is 11.1. The number of nitrogens with one attached hydrogen (secondary N) is 2. The highest BCUT2D eigenvalue weighted by Crippen LogP contribution is 2.30. The number of hydrogen-bond donors (Lipinski definition) is 3. The summed E-state index contributed by atoms with van der Waals surface area (Å²) in [5.41, 5.74) is -0.280. The SMILES string of the molecule is CC1(C(=O)Nc2cc(S(N)(=O)=O)ccc2Cl)CCNC1. The molecule has 1 saturated heterocycles. The van der Waals surface area contributed by atoms with E-state index in [-0.39, 0.29) is 21.5 Å². The number of rotatable bonds is 3. The molecule has 8 heteroatoms. The molecule has 0 aliphatic carbocycles. The average molecular weight is 318 g/mol. The Morgan fingerprint density at radius 3 is 2.75 bits per heavy atom. The van der Waals surface area contributed by atoms with Crippen LogP contribution in [-0.2, 0) is 14.8 Å². The van der Waals surface area contributed by atoms with Crippen LogP contribution >= 0.6 is 11.6 Å². The second-order valence-corrected chi connectivity index (χ2v) is 7.10. The van der Waals surface area contributed by atoms with Crippen LogP contribution in [0.5, 0.6) is 0 Å². The van der Waals surface area contributed by atoms with Gasteiger partial charge in [-0.25, -0.2) is 13.6 Å². The highest BCUT2D eigenvalue weighted by molar-refractivity contribution is 7.89. The number of carbonyl (C=O) groups is 1. The molecule has 0 bridgehead atoms. The summed E-state index contributed by atoms with van der Waals surface area (Å²) < 4.78 is 22.6. The standard InChI is InChI=1S/C12H16ClN3O3S/c1-12(4-5-15-7-12)11(17)16-10-6-8(20(14,18)19)2-3-9(10)13/h2-3,6,15H,4-5,7H2,1H3,(H,16,17)(H2,14,18,19). The molecular formula is C12H16ClN3O3S. The number of hydrogen-bond acceptors (Lipinski definition) is 4. The molecule has 1 unspecified atom stereocenters. The summed E-state index contributed by atoms with van der Waals surface area (Å²) in [4.78, 5) is 12.2. The van der Waals surface area contributed by atoms with E-state index in [9.17, 15) is 13.2 Å². The second kappa shape index (κ2) is 5.33. The van der Waals surface area contributed by atoms with E-state index >= 15 is 0 Å².